The molecule has 9 nitrogen and oxygen atoms in total. The minimum Gasteiger partial charge on any atom is -0.356 e. The smallest absolute Gasteiger partial charge is 0.356 e. The fourth-order valence-corrected chi connectivity index (χ4v) is 6.27. The van der Waals surface area contributed by atoms with E-state index in [0.29, 0.717) is 25.8 Å². The molecule has 36 heavy (non-hydrogen) atoms. The van der Waals surface area contributed by atoms with Crippen LogP contribution in [0.4, 0.5) is 13.2 Å². The minimum absolute atomic E-state index is 0.0661. The average Bonchev–Trinajstić information content (AvgIpc) is 3.09. The molecule has 0 aromatic rings. The summed E-state index contributed by atoms with van der Waals surface area (Å²) < 4.78 is 39.1. The fourth-order valence-electron chi connectivity index (χ4n) is 6.27. The van der Waals surface area contributed by atoms with E-state index in [1.807, 2.05) is 11.4 Å². The molecule has 0 aromatic heterocycles. The molecule has 4 aliphatic rings. The summed E-state index contributed by atoms with van der Waals surface area (Å²) in [6.07, 6.45) is -1.41. The number of halogens is 3. The molecule has 2 saturated heterocycles. The summed E-state index contributed by atoms with van der Waals surface area (Å²) in [5, 5.41) is 16.9. The third-order valence-electron chi connectivity index (χ3n) is 8.25. The molecule has 1 spiro atoms. The second-order valence-corrected chi connectivity index (χ2v) is 11.7. The van der Waals surface area contributed by atoms with Crippen LogP contribution in [0.5, 0.6) is 0 Å². The Morgan fingerprint density at radius 2 is 1.89 bits per heavy atom. The number of alkyl halides is 3. The summed E-state index contributed by atoms with van der Waals surface area (Å²) in [6, 6.07) is -1.69. The summed E-state index contributed by atoms with van der Waals surface area (Å²) in [4.78, 5) is 52.3. The molecule has 2 saturated carbocycles. The van der Waals surface area contributed by atoms with Crippen LogP contribution in [0.3, 0.4) is 0 Å². The molecule has 6 atom stereocenters. The Hall–Kier alpha value is -2.84. The van der Waals surface area contributed by atoms with E-state index in [4.69, 9.17) is 0 Å². The SMILES string of the molecule is CC(C)(C)C(NC(=O)C(F)(F)F)C(=O)N1C2CC(C1C(=O)NC(C#N)CC1CCNC1=O)C1(CC1)C2. The number of carbonyl (C=O) groups is 4. The molecule has 6 unspecified atom stereocenters. The second kappa shape index (κ2) is 8.92. The second-order valence-electron chi connectivity index (χ2n) is 11.7. The molecule has 4 rings (SSSR count). The third kappa shape index (κ3) is 4.76. The zero-order chi connectivity index (χ0) is 26.6. The van der Waals surface area contributed by atoms with Gasteiger partial charge in [-0.05, 0) is 55.3 Å². The molecule has 4 amide bonds. The highest BCUT2D eigenvalue weighted by atomic mass is 19.4. The Morgan fingerprint density at radius 1 is 1.22 bits per heavy atom. The van der Waals surface area contributed by atoms with Crippen LogP contribution in [-0.4, -0.2) is 65.4 Å². The van der Waals surface area contributed by atoms with Crippen molar-refractivity contribution >= 4 is 23.6 Å². The predicted octanol–water partition coefficient (Wildman–Crippen LogP) is 1.38. The Labute approximate surface area is 207 Å². The van der Waals surface area contributed by atoms with Gasteiger partial charge < -0.3 is 20.9 Å². The van der Waals surface area contributed by atoms with Crippen LogP contribution in [0.15, 0.2) is 0 Å². The van der Waals surface area contributed by atoms with Crippen molar-refractivity contribution in [3.63, 3.8) is 0 Å². The topological polar surface area (TPSA) is 131 Å². The molecule has 2 heterocycles. The lowest BCUT2D eigenvalue weighted by molar-refractivity contribution is -0.176. The van der Waals surface area contributed by atoms with Gasteiger partial charge in [0, 0.05) is 18.5 Å². The molecule has 0 radical (unpaired) electrons. The van der Waals surface area contributed by atoms with Crippen LogP contribution in [0, 0.1) is 34.0 Å². The first kappa shape index (κ1) is 26.2. The van der Waals surface area contributed by atoms with E-state index < -0.39 is 53.4 Å². The molecule has 4 fully saturated rings. The molecule has 12 heteroatoms. The van der Waals surface area contributed by atoms with Crippen LogP contribution in [0.25, 0.3) is 0 Å². The Balaban J connectivity index is 1.56. The summed E-state index contributed by atoms with van der Waals surface area (Å²) in [6.45, 7) is 5.16. The molecule has 0 aromatic carbocycles. The lowest BCUT2D eigenvalue weighted by Gasteiger charge is -2.42. The number of piperidine rings is 1. The Morgan fingerprint density at radius 3 is 2.39 bits per heavy atom. The fraction of sp³-hybridized carbons (Fsp3) is 0.792. The minimum atomic E-state index is -5.16. The van der Waals surface area contributed by atoms with E-state index >= 15 is 0 Å². The van der Waals surface area contributed by atoms with Gasteiger partial charge in [0.25, 0.3) is 0 Å². The number of nitriles is 1. The molecule has 2 bridgehead atoms. The van der Waals surface area contributed by atoms with Crippen LogP contribution in [0.1, 0.15) is 59.3 Å². The first-order valence-electron chi connectivity index (χ1n) is 12.4. The summed E-state index contributed by atoms with van der Waals surface area (Å²) in [5.41, 5.74) is -1.12. The quantitative estimate of drug-likeness (QED) is 0.496. The molecule has 2 aliphatic carbocycles. The number of fused-ring (bicyclic) bond motifs is 3. The maximum Gasteiger partial charge on any atom is 0.471 e. The number of hydrogen-bond acceptors (Lipinski definition) is 5. The van der Waals surface area contributed by atoms with Crippen LogP contribution in [-0.2, 0) is 19.2 Å². The Kier molecular flexibility index (Phi) is 6.50. The van der Waals surface area contributed by atoms with Gasteiger partial charge in [0.05, 0.1) is 6.07 Å². The molecule has 198 valence electrons. The molecule has 3 N–H and O–H groups in total. The van der Waals surface area contributed by atoms with E-state index in [9.17, 15) is 37.6 Å². The predicted molar refractivity (Wildman–Crippen MR) is 120 cm³/mol. The van der Waals surface area contributed by atoms with E-state index in [1.165, 1.54) is 4.90 Å². The maximum absolute atomic E-state index is 13.7. The van der Waals surface area contributed by atoms with Crippen LogP contribution in [0.2, 0.25) is 0 Å². The zero-order valence-corrected chi connectivity index (χ0v) is 20.6. The lowest BCUT2D eigenvalue weighted by Crippen LogP contribution is -2.63. The van der Waals surface area contributed by atoms with Crippen molar-refractivity contribution in [2.75, 3.05) is 6.54 Å². The first-order chi connectivity index (χ1) is 16.7. The first-order valence-corrected chi connectivity index (χ1v) is 12.4. The normalized spacial score (nSPS) is 29.9. The highest BCUT2D eigenvalue weighted by Crippen LogP contribution is 2.67. The number of likely N-dealkylation sites (tertiary alicyclic amines) is 1. The number of hydrogen-bond donors (Lipinski definition) is 3. The van der Waals surface area contributed by atoms with Crippen molar-refractivity contribution < 1.29 is 32.3 Å². The zero-order valence-electron chi connectivity index (χ0n) is 20.6. The van der Waals surface area contributed by atoms with E-state index in [1.54, 1.807) is 20.8 Å². The number of rotatable bonds is 6. The highest BCUT2D eigenvalue weighted by Gasteiger charge is 2.67. The van der Waals surface area contributed by atoms with Gasteiger partial charge in [-0.15, -0.1) is 0 Å². The van der Waals surface area contributed by atoms with Crippen molar-refractivity contribution in [1.82, 2.24) is 20.9 Å². The summed E-state index contributed by atoms with van der Waals surface area (Å²) in [5.74, 6) is -4.22. The van der Waals surface area contributed by atoms with Gasteiger partial charge in [-0.1, -0.05) is 20.8 Å². The van der Waals surface area contributed by atoms with Crippen molar-refractivity contribution in [3.05, 3.63) is 0 Å². The number of carbonyl (C=O) groups excluding carboxylic acids is 4. The molecule has 2 aliphatic heterocycles. The number of nitrogens with zero attached hydrogens (tertiary/aromatic N) is 2. The largest absolute Gasteiger partial charge is 0.471 e. The highest BCUT2D eigenvalue weighted by molar-refractivity contribution is 5.95. The summed E-state index contributed by atoms with van der Waals surface area (Å²) >= 11 is 0. The van der Waals surface area contributed by atoms with Crippen LogP contribution < -0.4 is 16.0 Å². The number of amides is 4. The number of nitrogens with one attached hydrogen (secondary N) is 3. The van der Waals surface area contributed by atoms with E-state index in [-0.39, 0.29) is 29.7 Å². The molecular weight excluding hydrogens is 479 g/mol. The van der Waals surface area contributed by atoms with E-state index in [2.05, 4.69) is 10.6 Å². The van der Waals surface area contributed by atoms with Crippen molar-refractivity contribution in [2.45, 2.75) is 89.6 Å². The van der Waals surface area contributed by atoms with Crippen molar-refractivity contribution in [1.29, 1.82) is 5.26 Å². The van der Waals surface area contributed by atoms with Gasteiger partial charge >= 0.3 is 12.1 Å². The average molecular weight is 512 g/mol. The standard InChI is InChI=1S/C24H32F3N5O4/c1-22(2,3)17(31-21(36)24(25,26)27)20(35)32-14-9-15(23(10-14)5-6-23)16(32)19(34)30-13(11-28)8-12-4-7-29-18(12)33/h12-17H,4-10H2,1-3H3,(H,29,33)(H,30,34)(H,31,36). The Bertz CT molecular complexity index is 997. The maximum atomic E-state index is 13.7. The van der Waals surface area contributed by atoms with Gasteiger partial charge in [-0.25, -0.2) is 0 Å². The van der Waals surface area contributed by atoms with E-state index in [0.717, 1.165) is 12.8 Å². The monoisotopic (exact) mass is 511 g/mol. The van der Waals surface area contributed by atoms with Gasteiger partial charge in [-0.2, -0.15) is 18.4 Å². The van der Waals surface area contributed by atoms with Gasteiger partial charge in [-0.3, -0.25) is 19.2 Å². The lowest BCUT2D eigenvalue weighted by atomic mass is 9.81. The van der Waals surface area contributed by atoms with Crippen molar-refractivity contribution in [2.24, 2.45) is 22.7 Å². The van der Waals surface area contributed by atoms with Gasteiger partial charge in [0.1, 0.15) is 18.1 Å². The summed E-state index contributed by atoms with van der Waals surface area (Å²) in [7, 11) is 0. The third-order valence-corrected chi connectivity index (χ3v) is 8.25. The van der Waals surface area contributed by atoms with Crippen molar-refractivity contribution in [3.8, 4) is 6.07 Å². The van der Waals surface area contributed by atoms with Gasteiger partial charge in [0.2, 0.25) is 17.7 Å². The molecular formula is C24H32F3N5O4. The van der Waals surface area contributed by atoms with Gasteiger partial charge in [0.15, 0.2) is 0 Å². The van der Waals surface area contributed by atoms with Crippen LogP contribution >= 0.6 is 0 Å².